The van der Waals surface area contributed by atoms with Crippen molar-refractivity contribution < 1.29 is 19.0 Å². The fourth-order valence-electron chi connectivity index (χ4n) is 1.78. The minimum atomic E-state index is -0.958. The van der Waals surface area contributed by atoms with Gasteiger partial charge in [0.1, 0.15) is 17.6 Å². The van der Waals surface area contributed by atoms with Crippen LogP contribution in [0.1, 0.15) is 17.4 Å². The van der Waals surface area contributed by atoms with Crippen molar-refractivity contribution in [2.45, 2.75) is 6.10 Å². The van der Waals surface area contributed by atoms with Crippen LogP contribution in [0, 0.1) is 0 Å². The summed E-state index contributed by atoms with van der Waals surface area (Å²) in [4.78, 5) is 0. The van der Waals surface area contributed by atoms with E-state index in [1.165, 1.54) is 6.26 Å². The summed E-state index contributed by atoms with van der Waals surface area (Å²) in [5.74, 6) is 1.51. The Labute approximate surface area is 113 Å². The lowest BCUT2D eigenvalue weighted by Gasteiger charge is -2.16. The molecule has 5 heteroatoms. The molecule has 0 aliphatic rings. The third kappa shape index (κ3) is 2.23. The molecule has 0 bridgehead atoms. The number of rotatable bonds is 4. The lowest BCUT2D eigenvalue weighted by molar-refractivity contribution is 0.179. The van der Waals surface area contributed by atoms with E-state index in [0.717, 1.165) is 0 Å². The predicted octanol–water partition coefficient (Wildman–Crippen LogP) is 3.14. The molecule has 0 aliphatic carbocycles. The van der Waals surface area contributed by atoms with Crippen LogP contribution in [0.3, 0.4) is 0 Å². The summed E-state index contributed by atoms with van der Waals surface area (Å²) in [6, 6.07) is 7.04. The van der Waals surface area contributed by atoms with Gasteiger partial charge < -0.3 is 19.0 Å². The second-order valence-corrected chi connectivity index (χ2v) is 4.47. The lowest BCUT2D eigenvalue weighted by atomic mass is 10.0. The summed E-state index contributed by atoms with van der Waals surface area (Å²) < 4.78 is 16.5. The van der Waals surface area contributed by atoms with Gasteiger partial charge in [0.2, 0.25) is 0 Å². The number of aliphatic hydroxyl groups is 1. The van der Waals surface area contributed by atoms with Crippen LogP contribution in [-0.2, 0) is 0 Å². The smallest absolute Gasteiger partial charge is 0.151 e. The van der Waals surface area contributed by atoms with E-state index >= 15 is 0 Å². The van der Waals surface area contributed by atoms with Crippen molar-refractivity contribution in [2.75, 3.05) is 14.2 Å². The molecule has 0 amide bonds. The van der Waals surface area contributed by atoms with Crippen LogP contribution in [0.25, 0.3) is 0 Å². The molecule has 4 nitrogen and oxygen atoms in total. The van der Waals surface area contributed by atoms with E-state index in [1.807, 2.05) is 0 Å². The first kappa shape index (κ1) is 13.0. The highest BCUT2D eigenvalue weighted by Gasteiger charge is 2.24. The van der Waals surface area contributed by atoms with Gasteiger partial charge in [0.15, 0.2) is 5.76 Å². The summed E-state index contributed by atoms with van der Waals surface area (Å²) in [6.07, 6.45) is 0.547. The number of methoxy groups -OCH3 is 2. The zero-order valence-electron chi connectivity index (χ0n) is 10.0. The molecular formula is C13H13BrO4. The molecule has 18 heavy (non-hydrogen) atoms. The van der Waals surface area contributed by atoms with Crippen molar-refractivity contribution in [2.24, 2.45) is 0 Å². The second-order valence-electron chi connectivity index (χ2n) is 3.61. The SMILES string of the molecule is COc1cccc(OC)c1C(O)c1occc1Br. The molecule has 1 N–H and O–H groups in total. The van der Waals surface area contributed by atoms with Crippen LogP contribution in [0.2, 0.25) is 0 Å². The molecule has 1 heterocycles. The molecule has 0 saturated heterocycles. The molecule has 96 valence electrons. The Bertz CT molecular complexity index is 513. The third-order valence-electron chi connectivity index (χ3n) is 2.63. The van der Waals surface area contributed by atoms with Crippen molar-refractivity contribution in [3.05, 3.63) is 46.3 Å². The molecule has 1 atom stereocenters. The van der Waals surface area contributed by atoms with E-state index in [-0.39, 0.29) is 0 Å². The zero-order chi connectivity index (χ0) is 13.1. The van der Waals surface area contributed by atoms with Gasteiger partial charge in [-0.3, -0.25) is 0 Å². The van der Waals surface area contributed by atoms with Gasteiger partial charge in [-0.1, -0.05) is 6.07 Å². The van der Waals surface area contributed by atoms with Crippen molar-refractivity contribution in [3.63, 3.8) is 0 Å². The number of hydrogen-bond donors (Lipinski definition) is 1. The molecule has 1 aromatic carbocycles. The van der Waals surface area contributed by atoms with Crippen molar-refractivity contribution >= 4 is 15.9 Å². The van der Waals surface area contributed by atoms with Crippen molar-refractivity contribution in [1.29, 1.82) is 0 Å². The summed E-state index contributed by atoms with van der Waals surface area (Å²) in [5, 5.41) is 10.4. The normalized spacial score (nSPS) is 12.2. The van der Waals surface area contributed by atoms with Gasteiger partial charge in [0.25, 0.3) is 0 Å². The van der Waals surface area contributed by atoms with Gasteiger partial charge in [0.05, 0.1) is 30.5 Å². The highest BCUT2D eigenvalue weighted by molar-refractivity contribution is 9.10. The summed E-state index contributed by atoms with van der Waals surface area (Å²) in [7, 11) is 3.09. The Hall–Kier alpha value is -1.46. The second kappa shape index (κ2) is 5.46. The zero-order valence-corrected chi connectivity index (χ0v) is 11.6. The fourth-order valence-corrected chi connectivity index (χ4v) is 2.20. The number of halogens is 1. The van der Waals surface area contributed by atoms with E-state index in [0.29, 0.717) is 27.3 Å². The van der Waals surface area contributed by atoms with Gasteiger partial charge in [-0.15, -0.1) is 0 Å². The molecule has 1 unspecified atom stereocenters. The monoisotopic (exact) mass is 312 g/mol. The first-order chi connectivity index (χ1) is 8.69. The van der Waals surface area contributed by atoms with Crippen LogP contribution in [-0.4, -0.2) is 19.3 Å². The summed E-state index contributed by atoms with van der Waals surface area (Å²) >= 11 is 3.32. The third-order valence-corrected chi connectivity index (χ3v) is 3.29. The molecule has 0 radical (unpaired) electrons. The van der Waals surface area contributed by atoms with Crippen LogP contribution in [0.15, 0.2) is 39.4 Å². The minimum absolute atomic E-state index is 0.415. The van der Waals surface area contributed by atoms with Crippen molar-refractivity contribution in [3.8, 4) is 11.5 Å². The largest absolute Gasteiger partial charge is 0.496 e. The average Bonchev–Trinajstić information content (AvgIpc) is 2.83. The first-order valence-electron chi connectivity index (χ1n) is 5.31. The number of hydrogen-bond acceptors (Lipinski definition) is 4. The number of aliphatic hydroxyl groups excluding tert-OH is 1. The number of ether oxygens (including phenoxy) is 2. The van der Waals surface area contributed by atoms with E-state index in [4.69, 9.17) is 13.9 Å². The van der Waals surface area contributed by atoms with Crippen LogP contribution < -0.4 is 9.47 Å². The van der Waals surface area contributed by atoms with Gasteiger partial charge in [-0.25, -0.2) is 0 Å². The highest BCUT2D eigenvalue weighted by atomic mass is 79.9. The van der Waals surface area contributed by atoms with Gasteiger partial charge in [-0.2, -0.15) is 0 Å². The fraction of sp³-hybridized carbons (Fsp3) is 0.231. The highest BCUT2D eigenvalue weighted by Crippen LogP contribution is 2.39. The summed E-state index contributed by atoms with van der Waals surface area (Å²) in [6.45, 7) is 0. The molecule has 0 aliphatic heterocycles. The molecule has 1 aromatic heterocycles. The van der Waals surface area contributed by atoms with Gasteiger partial charge in [0, 0.05) is 0 Å². The Morgan fingerprint density at radius 2 is 1.78 bits per heavy atom. The first-order valence-corrected chi connectivity index (χ1v) is 6.10. The van der Waals surface area contributed by atoms with Gasteiger partial charge >= 0.3 is 0 Å². The molecule has 2 aromatic rings. The molecule has 0 spiro atoms. The summed E-state index contributed by atoms with van der Waals surface area (Å²) in [5.41, 5.74) is 0.540. The quantitative estimate of drug-likeness (QED) is 0.942. The average molecular weight is 313 g/mol. The Kier molecular flexibility index (Phi) is 3.93. The molecular weight excluding hydrogens is 300 g/mol. The van der Waals surface area contributed by atoms with Crippen LogP contribution in [0.5, 0.6) is 11.5 Å². The van der Waals surface area contributed by atoms with E-state index < -0.39 is 6.10 Å². The standard InChI is InChI=1S/C13H13BrO4/c1-16-9-4-3-5-10(17-2)11(9)12(15)13-8(14)6-7-18-13/h3-7,12,15H,1-2H3. The minimum Gasteiger partial charge on any atom is -0.496 e. The Morgan fingerprint density at radius 1 is 1.17 bits per heavy atom. The van der Waals surface area contributed by atoms with E-state index in [1.54, 1.807) is 38.5 Å². The van der Waals surface area contributed by atoms with E-state index in [2.05, 4.69) is 15.9 Å². The maximum Gasteiger partial charge on any atom is 0.151 e. The van der Waals surface area contributed by atoms with Crippen molar-refractivity contribution in [1.82, 2.24) is 0 Å². The maximum atomic E-state index is 10.4. The Morgan fingerprint density at radius 3 is 2.22 bits per heavy atom. The van der Waals surface area contributed by atoms with E-state index in [9.17, 15) is 5.11 Å². The lowest BCUT2D eigenvalue weighted by Crippen LogP contribution is -2.04. The molecule has 2 rings (SSSR count). The predicted molar refractivity (Wildman–Crippen MR) is 70.0 cm³/mol. The molecule has 0 saturated carbocycles. The number of furan rings is 1. The maximum absolute atomic E-state index is 10.4. The number of benzene rings is 1. The van der Waals surface area contributed by atoms with Crippen LogP contribution in [0.4, 0.5) is 0 Å². The van der Waals surface area contributed by atoms with Gasteiger partial charge in [-0.05, 0) is 34.1 Å². The topological polar surface area (TPSA) is 51.8 Å². The molecule has 0 fully saturated rings. The Balaban J connectivity index is 2.52. The van der Waals surface area contributed by atoms with Crippen LogP contribution >= 0.6 is 15.9 Å².